The number of hydrogen-bond donors (Lipinski definition) is 1. The number of aliphatic imine (C=N–C) groups is 1. The Balaban J connectivity index is 0.00000242. The highest BCUT2D eigenvalue weighted by atomic mass is 127. The summed E-state index contributed by atoms with van der Waals surface area (Å²) >= 11 is 6.02. The van der Waals surface area contributed by atoms with E-state index in [1.165, 1.54) is 25.7 Å². The second-order valence-corrected chi connectivity index (χ2v) is 5.82. The third kappa shape index (κ3) is 5.93. The predicted molar refractivity (Wildman–Crippen MR) is 103 cm³/mol. The normalized spacial score (nSPS) is 17.5. The largest absolute Gasteiger partial charge is 0.375 e. The molecule has 0 saturated carbocycles. The average molecular weight is 438 g/mol. The lowest BCUT2D eigenvalue weighted by Gasteiger charge is -2.22. The van der Waals surface area contributed by atoms with E-state index in [0.29, 0.717) is 17.5 Å². The van der Waals surface area contributed by atoms with Crippen LogP contribution in [-0.4, -0.2) is 37.6 Å². The van der Waals surface area contributed by atoms with E-state index in [1.54, 1.807) is 7.11 Å². The molecule has 1 aliphatic heterocycles. The van der Waals surface area contributed by atoms with Crippen molar-refractivity contribution in [2.45, 2.75) is 31.8 Å². The van der Waals surface area contributed by atoms with Crippen molar-refractivity contribution in [1.82, 2.24) is 4.90 Å². The van der Waals surface area contributed by atoms with Crippen molar-refractivity contribution >= 4 is 41.5 Å². The molecule has 2 N–H and O–H groups in total. The van der Waals surface area contributed by atoms with Gasteiger partial charge >= 0.3 is 0 Å². The number of methoxy groups -OCH3 is 1. The molecule has 0 radical (unpaired) electrons. The zero-order valence-electron chi connectivity index (χ0n) is 13.0. The second-order valence-electron chi connectivity index (χ2n) is 5.38. The van der Waals surface area contributed by atoms with Gasteiger partial charge in [-0.2, -0.15) is 0 Å². The van der Waals surface area contributed by atoms with E-state index in [2.05, 4.69) is 9.89 Å². The van der Waals surface area contributed by atoms with Gasteiger partial charge in [-0.25, -0.2) is 0 Å². The summed E-state index contributed by atoms with van der Waals surface area (Å²) in [5, 5.41) is 0.707. The maximum absolute atomic E-state index is 6.12. The zero-order valence-corrected chi connectivity index (χ0v) is 16.1. The highest BCUT2D eigenvalue weighted by Crippen LogP contribution is 2.20. The van der Waals surface area contributed by atoms with E-state index in [1.807, 2.05) is 24.3 Å². The molecule has 124 valence electrons. The SMILES string of the molecule is COC(CN=C(N)N1CCCCCC1)c1cccc(Cl)c1.I. The van der Waals surface area contributed by atoms with E-state index in [9.17, 15) is 0 Å². The number of benzene rings is 1. The molecule has 0 spiro atoms. The molecule has 2 rings (SSSR count). The summed E-state index contributed by atoms with van der Waals surface area (Å²) in [7, 11) is 1.68. The summed E-state index contributed by atoms with van der Waals surface area (Å²) in [6, 6.07) is 7.68. The summed E-state index contributed by atoms with van der Waals surface area (Å²) in [5.74, 6) is 0.626. The molecule has 1 saturated heterocycles. The minimum absolute atomic E-state index is 0. The minimum Gasteiger partial charge on any atom is -0.375 e. The van der Waals surface area contributed by atoms with Crippen LogP contribution in [0.3, 0.4) is 0 Å². The van der Waals surface area contributed by atoms with Gasteiger partial charge < -0.3 is 15.4 Å². The topological polar surface area (TPSA) is 50.9 Å². The number of rotatable bonds is 4. The molecule has 1 atom stereocenters. The zero-order chi connectivity index (χ0) is 15.1. The van der Waals surface area contributed by atoms with Gasteiger partial charge in [-0.1, -0.05) is 36.6 Å². The molecular weight excluding hydrogens is 413 g/mol. The van der Waals surface area contributed by atoms with Crippen LogP contribution in [0.25, 0.3) is 0 Å². The Morgan fingerprint density at radius 3 is 2.59 bits per heavy atom. The summed E-state index contributed by atoms with van der Waals surface area (Å²) in [6.45, 7) is 2.52. The van der Waals surface area contributed by atoms with Gasteiger partial charge in [0.25, 0.3) is 0 Å². The number of likely N-dealkylation sites (tertiary alicyclic amines) is 1. The molecule has 1 unspecified atom stereocenters. The molecule has 1 aromatic carbocycles. The molecule has 4 nitrogen and oxygen atoms in total. The number of guanidine groups is 1. The standard InChI is InChI=1S/C16H24ClN3O.HI/c1-21-15(13-7-6-8-14(17)11-13)12-19-16(18)20-9-4-2-3-5-10-20;/h6-8,11,15H,2-5,9-10,12H2,1H3,(H2,18,19);1H. The van der Waals surface area contributed by atoms with Crippen molar-refractivity contribution < 1.29 is 4.74 Å². The lowest BCUT2D eigenvalue weighted by atomic mass is 10.1. The molecule has 6 heteroatoms. The number of nitrogens with zero attached hydrogens (tertiary/aromatic N) is 2. The first-order valence-corrected chi connectivity index (χ1v) is 7.91. The summed E-state index contributed by atoms with van der Waals surface area (Å²) < 4.78 is 5.51. The fourth-order valence-corrected chi connectivity index (χ4v) is 2.80. The van der Waals surface area contributed by atoms with Crippen LogP contribution in [0.5, 0.6) is 0 Å². The number of nitrogens with two attached hydrogens (primary N) is 1. The van der Waals surface area contributed by atoms with E-state index >= 15 is 0 Å². The van der Waals surface area contributed by atoms with Crippen LogP contribution in [0, 0.1) is 0 Å². The lowest BCUT2D eigenvalue weighted by Crippen LogP contribution is -2.38. The summed E-state index contributed by atoms with van der Waals surface area (Å²) in [6.07, 6.45) is 4.84. The maximum atomic E-state index is 6.12. The van der Waals surface area contributed by atoms with Crippen LogP contribution in [0.15, 0.2) is 29.3 Å². The molecule has 1 fully saturated rings. The first-order valence-electron chi connectivity index (χ1n) is 7.54. The van der Waals surface area contributed by atoms with Crippen molar-refractivity contribution in [2.24, 2.45) is 10.7 Å². The van der Waals surface area contributed by atoms with Crippen LogP contribution in [0.2, 0.25) is 5.02 Å². The summed E-state index contributed by atoms with van der Waals surface area (Å²) in [5.41, 5.74) is 7.15. The molecule has 1 aliphatic rings. The second kappa shape index (κ2) is 10.3. The van der Waals surface area contributed by atoms with Crippen molar-refractivity contribution in [3.8, 4) is 0 Å². The monoisotopic (exact) mass is 437 g/mol. The van der Waals surface area contributed by atoms with Crippen LogP contribution in [0.1, 0.15) is 37.4 Å². The van der Waals surface area contributed by atoms with Crippen LogP contribution < -0.4 is 5.73 Å². The molecule has 0 amide bonds. The van der Waals surface area contributed by atoms with Gasteiger partial charge in [-0.3, -0.25) is 4.99 Å². The Labute approximate surface area is 155 Å². The van der Waals surface area contributed by atoms with Gasteiger partial charge in [0.05, 0.1) is 6.54 Å². The number of ether oxygens (including phenoxy) is 1. The number of halogens is 2. The Morgan fingerprint density at radius 1 is 1.32 bits per heavy atom. The van der Waals surface area contributed by atoms with E-state index in [-0.39, 0.29) is 30.1 Å². The smallest absolute Gasteiger partial charge is 0.191 e. The molecule has 1 aromatic rings. The van der Waals surface area contributed by atoms with Gasteiger partial charge in [0, 0.05) is 25.2 Å². The van der Waals surface area contributed by atoms with Gasteiger partial charge in [0.15, 0.2) is 5.96 Å². The van der Waals surface area contributed by atoms with Crippen molar-refractivity contribution in [1.29, 1.82) is 0 Å². The maximum Gasteiger partial charge on any atom is 0.191 e. The Morgan fingerprint density at radius 2 is 2.00 bits per heavy atom. The fourth-order valence-electron chi connectivity index (χ4n) is 2.60. The van der Waals surface area contributed by atoms with Gasteiger partial charge in [-0.05, 0) is 30.5 Å². The molecular formula is C16H25ClIN3O. The van der Waals surface area contributed by atoms with Crippen LogP contribution in [-0.2, 0) is 4.74 Å². The molecule has 0 bridgehead atoms. The van der Waals surface area contributed by atoms with Gasteiger partial charge in [0.2, 0.25) is 0 Å². The average Bonchev–Trinajstić information content (AvgIpc) is 2.77. The van der Waals surface area contributed by atoms with E-state index in [4.69, 9.17) is 22.1 Å². The molecule has 22 heavy (non-hydrogen) atoms. The third-order valence-corrected chi connectivity index (χ3v) is 4.09. The molecule has 1 heterocycles. The first kappa shape index (κ1) is 19.5. The quantitative estimate of drug-likeness (QED) is 0.442. The molecule has 0 aliphatic carbocycles. The summed E-state index contributed by atoms with van der Waals surface area (Å²) in [4.78, 5) is 6.70. The first-order chi connectivity index (χ1) is 10.2. The van der Waals surface area contributed by atoms with E-state index in [0.717, 1.165) is 18.7 Å². The Hall–Kier alpha value is -0.530. The van der Waals surface area contributed by atoms with E-state index < -0.39 is 0 Å². The third-order valence-electron chi connectivity index (χ3n) is 3.85. The lowest BCUT2D eigenvalue weighted by molar-refractivity contribution is 0.110. The highest BCUT2D eigenvalue weighted by molar-refractivity contribution is 14.0. The van der Waals surface area contributed by atoms with Crippen LogP contribution >= 0.6 is 35.6 Å². The Bertz CT molecular complexity index is 476. The Kier molecular flexibility index (Phi) is 9.12. The fraction of sp³-hybridized carbons (Fsp3) is 0.562. The minimum atomic E-state index is -0.116. The van der Waals surface area contributed by atoms with Crippen molar-refractivity contribution in [3.63, 3.8) is 0 Å². The predicted octanol–water partition coefficient (Wildman–Crippen LogP) is 3.84. The van der Waals surface area contributed by atoms with Crippen molar-refractivity contribution in [3.05, 3.63) is 34.9 Å². The van der Waals surface area contributed by atoms with Gasteiger partial charge in [0.1, 0.15) is 6.10 Å². The van der Waals surface area contributed by atoms with Crippen molar-refractivity contribution in [2.75, 3.05) is 26.7 Å². The van der Waals surface area contributed by atoms with Crippen LogP contribution in [0.4, 0.5) is 0 Å². The molecule has 0 aromatic heterocycles. The number of hydrogen-bond acceptors (Lipinski definition) is 2. The highest BCUT2D eigenvalue weighted by Gasteiger charge is 2.13. The van der Waals surface area contributed by atoms with Gasteiger partial charge in [-0.15, -0.1) is 24.0 Å².